The Morgan fingerprint density at radius 3 is 2.63 bits per heavy atom. The molecule has 0 radical (unpaired) electrons. The molecule has 0 saturated heterocycles. The summed E-state index contributed by atoms with van der Waals surface area (Å²) in [6.07, 6.45) is -4.47. The number of carbonyl (C=O) groups excluding carboxylic acids is 1. The Labute approximate surface area is 111 Å². The summed E-state index contributed by atoms with van der Waals surface area (Å²) in [6.45, 7) is -2.16. The summed E-state index contributed by atoms with van der Waals surface area (Å²) in [5, 5.41) is 2.22. The van der Waals surface area contributed by atoms with Gasteiger partial charge in [-0.25, -0.2) is 4.39 Å². The molecule has 0 aliphatic carbocycles. The third kappa shape index (κ3) is 6.40. The van der Waals surface area contributed by atoms with Crippen molar-refractivity contribution in [2.75, 3.05) is 13.2 Å². The van der Waals surface area contributed by atoms with Crippen molar-refractivity contribution in [2.45, 2.75) is 12.7 Å². The Morgan fingerprint density at radius 2 is 2.05 bits per heavy atom. The lowest BCUT2D eigenvalue weighted by Gasteiger charge is -2.08. The monoisotopic (exact) mass is 299 g/mol. The van der Waals surface area contributed by atoms with E-state index in [1.807, 2.05) is 0 Å². The second-order valence-corrected chi connectivity index (χ2v) is 4.04. The minimum absolute atomic E-state index is 0.0220. The fourth-order valence-corrected chi connectivity index (χ4v) is 1.36. The van der Waals surface area contributed by atoms with Crippen molar-refractivity contribution in [2.24, 2.45) is 0 Å². The van der Waals surface area contributed by atoms with Gasteiger partial charge in [-0.2, -0.15) is 13.2 Å². The highest BCUT2D eigenvalue weighted by atomic mass is 35.5. The number of rotatable bonds is 5. The Morgan fingerprint density at radius 1 is 1.37 bits per heavy atom. The Kier molecular flexibility index (Phi) is 5.56. The average Bonchev–Trinajstić information content (AvgIpc) is 2.29. The van der Waals surface area contributed by atoms with E-state index in [0.29, 0.717) is 5.56 Å². The maximum atomic E-state index is 12.8. The largest absolute Gasteiger partial charge is 0.411 e. The van der Waals surface area contributed by atoms with Gasteiger partial charge in [0.25, 0.3) is 0 Å². The predicted octanol–water partition coefficient (Wildman–Crippen LogP) is 2.67. The maximum Gasteiger partial charge on any atom is 0.411 e. The Hall–Kier alpha value is -1.34. The number of ether oxygens (including phenoxy) is 1. The van der Waals surface area contributed by atoms with E-state index in [2.05, 4.69) is 10.1 Å². The van der Waals surface area contributed by atoms with Gasteiger partial charge in [-0.05, 0) is 17.7 Å². The van der Waals surface area contributed by atoms with Crippen LogP contribution >= 0.6 is 11.6 Å². The third-order valence-corrected chi connectivity index (χ3v) is 2.26. The first-order valence-corrected chi connectivity index (χ1v) is 5.51. The summed E-state index contributed by atoms with van der Waals surface area (Å²) >= 11 is 5.53. The first kappa shape index (κ1) is 15.7. The summed E-state index contributed by atoms with van der Waals surface area (Å²) in [7, 11) is 0. The second-order valence-electron chi connectivity index (χ2n) is 3.63. The van der Waals surface area contributed by atoms with Gasteiger partial charge >= 0.3 is 6.18 Å². The number of hydrogen-bond donors (Lipinski definition) is 1. The van der Waals surface area contributed by atoms with E-state index in [4.69, 9.17) is 11.6 Å². The van der Waals surface area contributed by atoms with Gasteiger partial charge in [0, 0.05) is 6.54 Å². The van der Waals surface area contributed by atoms with Crippen LogP contribution in [0.15, 0.2) is 18.2 Å². The molecule has 1 aromatic rings. The van der Waals surface area contributed by atoms with Crippen LogP contribution in [0.2, 0.25) is 5.02 Å². The zero-order chi connectivity index (χ0) is 14.5. The molecular weight excluding hydrogens is 290 g/mol. The van der Waals surface area contributed by atoms with Gasteiger partial charge in [0.1, 0.15) is 19.0 Å². The van der Waals surface area contributed by atoms with E-state index < -0.39 is 31.1 Å². The minimum atomic E-state index is -4.47. The molecule has 8 heteroatoms. The summed E-state index contributed by atoms with van der Waals surface area (Å²) in [4.78, 5) is 11.1. The lowest BCUT2D eigenvalue weighted by atomic mass is 10.2. The highest BCUT2D eigenvalue weighted by molar-refractivity contribution is 6.30. The average molecular weight is 300 g/mol. The lowest BCUT2D eigenvalue weighted by molar-refractivity contribution is -0.175. The zero-order valence-corrected chi connectivity index (χ0v) is 10.3. The molecule has 0 atom stereocenters. The van der Waals surface area contributed by atoms with Crippen molar-refractivity contribution in [1.29, 1.82) is 0 Å². The lowest BCUT2D eigenvalue weighted by Crippen LogP contribution is -2.29. The minimum Gasteiger partial charge on any atom is -0.362 e. The van der Waals surface area contributed by atoms with Crippen LogP contribution in [-0.2, 0) is 16.1 Å². The quantitative estimate of drug-likeness (QED) is 0.849. The van der Waals surface area contributed by atoms with E-state index in [1.54, 1.807) is 0 Å². The van der Waals surface area contributed by atoms with E-state index in [1.165, 1.54) is 12.1 Å². The normalized spacial score (nSPS) is 11.4. The summed E-state index contributed by atoms with van der Waals surface area (Å²) in [6, 6.07) is 3.84. The number of hydrogen-bond acceptors (Lipinski definition) is 2. The first-order chi connectivity index (χ1) is 8.78. The maximum absolute atomic E-state index is 12.8. The van der Waals surface area contributed by atoms with Crippen LogP contribution in [0.5, 0.6) is 0 Å². The van der Waals surface area contributed by atoms with E-state index in [9.17, 15) is 22.4 Å². The van der Waals surface area contributed by atoms with Gasteiger partial charge in [0.15, 0.2) is 0 Å². The topological polar surface area (TPSA) is 38.3 Å². The molecule has 106 valence electrons. The Bertz CT molecular complexity index is 451. The van der Waals surface area contributed by atoms with Crippen LogP contribution < -0.4 is 5.32 Å². The number of halogens is 5. The molecule has 0 aromatic heterocycles. The molecule has 1 amide bonds. The highest BCUT2D eigenvalue weighted by Crippen LogP contribution is 2.16. The van der Waals surface area contributed by atoms with E-state index >= 15 is 0 Å². The number of alkyl halides is 3. The van der Waals surface area contributed by atoms with Crippen LogP contribution in [0.3, 0.4) is 0 Å². The SMILES string of the molecule is O=C(COCC(F)(F)F)NCc1ccc(F)c(Cl)c1. The van der Waals surface area contributed by atoms with Crippen LogP contribution in [0, 0.1) is 5.82 Å². The molecule has 0 fully saturated rings. The van der Waals surface area contributed by atoms with Crippen molar-refractivity contribution in [3.8, 4) is 0 Å². The smallest absolute Gasteiger partial charge is 0.362 e. The molecule has 0 unspecified atom stereocenters. The molecule has 0 aliphatic rings. The van der Waals surface area contributed by atoms with Crippen LogP contribution in [0.4, 0.5) is 17.6 Å². The van der Waals surface area contributed by atoms with Crippen LogP contribution in [0.1, 0.15) is 5.56 Å². The molecule has 1 rings (SSSR count). The standard InChI is InChI=1S/C11H10ClF4NO2/c12-8-3-7(1-2-9(8)13)4-17-10(18)5-19-6-11(14,15)16/h1-3H,4-6H2,(H,17,18). The third-order valence-electron chi connectivity index (χ3n) is 1.97. The van der Waals surface area contributed by atoms with Crippen molar-refractivity contribution in [3.63, 3.8) is 0 Å². The molecule has 0 saturated carbocycles. The van der Waals surface area contributed by atoms with Gasteiger partial charge in [0.2, 0.25) is 5.91 Å². The Balaban J connectivity index is 2.32. The molecule has 1 aromatic carbocycles. The molecule has 0 bridgehead atoms. The molecule has 0 aliphatic heterocycles. The van der Waals surface area contributed by atoms with Gasteiger partial charge < -0.3 is 10.1 Å². The van der Waals surface area contributed by atoms with Crippen LogP contribution in [-0.4, -0.2) is 25.3 Å². The highest BCUT2D eigenvalue weighted by Gasteiger charge is 2.27. The summed E-state index contributed by atoms with van der Waals surface area (Å²) < 4.78 is 52.2. The van der Waals surface area contributed by atoms with Crippen molar-refractivity contribution >= 4 is 17.5 Å². The van der Waals surface area contributed by atoms with Gasteiger partial charge in [-0.3, -0.25) is 4.79 Å². The predicted molar refractivity (Wildman–Crippen MR) is 60.1 cm³/mol. The molecule has 3 nitrogen and oxygen atoms in total. The number of benzene rings is 1. The van der Waals surface area contributed by atoms with Crippen molar-refractivity contribution in [3.05, 3.63) is 34.6 Å². The molecule has 19 heavy (non-hydrogen) atoms. The van der Waals surface area contributed by atoms with Gasteiger partial charge in [0.05, 0.1) is 5.02 Å². The fraction of sp³-hybridized carbons (Fsp3) is 0.364. The second kappa shape index (κ2) is 6.72. The number of carbonyl (C=O) groups is 1. The fourth-order valence-electron chi connectivity index (χ4n) is 1.16. The summed E-state index contributed by atoms with van der Waals surface area (Å²) in [5.41, 5.74) is 0.524. The van der Waals surface area contributed by atoms with Crippen LogP contribution in [0.25, 0.3) is 0 Å². The first-order valence-electron chi connectivity index (χ1n) is 5.13. The zero-order valence-electron chi connectivity index (χ0n) is 9.56. The molecule has 1 N–H and O–H groups in total. The van der Waals surface area contributed by atoms with E-state index in [-0.39, 0.29) is 11.6 Å². The van der Waals surface area contributed by atoms with Gasteiger partial charge in [-0.1, -0.05) is 17.7 Å². The van der Waals surface area contributed by atoms with Crippen molar-refractivity contribution in [1.82, 2.24) is 5.32 Å². The summed E-state index contributed by atoms with van der Waals surface area (Å²) in [5.74, 6) is -1.30. The van der Waals surface area contributed by atoms with Gasteiger partial charge in [-0.15, -0.1) is 0 Å². The molecular formula is C11H10ClF4NO2. The molecule has 0 heterocycles. The molecule has 0 spiro atoms. The number of amides is 1. The van der Waals surface area contributed by atoms with Crippen molar-refractivity contribution < 1.29 is 27.1 Å². The van der Waals surface area contributed by atoms with E-state index in [0.717, 1.165) is 6.07 Å². The number of nitrogens with one attached hydrogen (secondary N) is 1.